The number of piperidine rings is 1. The fourth-order valence-electron chi connectivity index (χ4n) is 2.93. The Morgan fingerprint density at radius 2 is 2.00 bits per heavy atom. The van der Waals surface area contributed by atoms with Gasteiger partial charge in [-0.2, -0.15) is 0 Å². The van der Waals surface area contributed by atoms with Crippen LogP contribution in [0.3, 0.4) is 0 Å². The lowest BCUT2D eigenvalue weighted by Crippen LogP contribution is -2.55. The molecule has 0 amide bonds. The molecule has 1 unspecified atom stereocenters. The second-order valence-corrected chi connectivity index (χ2v) is 5.79. The molecule has 0 aromatic heterocycles. The number of carboxylic acid groups (broad SMARTS) is 1. The summed E-state index contributed by atoms with van der Waals surface area (Å²) in [6.07, 6.45) is 4.01. The number of aliphatic carboxylic acids is 1. The molecule has 1 aliphatic rings. The Morgan fingerprint density at radius 3 is 2.58 bits per heavy atom. The standard InChI is InChI=1S/C16H23NO2/c1-13-7-6-8-14(11-13)12-16(2,15(18)19)17-9-4-3-5-10-17/h6-8,11H,3-5,9-10,12H2,1-2H3,(H,18,19). The van der Waals surface area contributed by atoms with Gasteiger partial charge in [0.1, 0.15) is 5.54 Å². The number of carbonyl (C=O) groups is 1. The molecule has 1 heterocycles. The van der Waals surface area contributed by atoms with E-state index in [-0.39, 0.29) is 0 Å². The maximum absolute atomic E-state index is 11.8. The molecule has 1 N–H and O–H groups in total. The Kier molecular flexibility index (Phi) is 4.25. The highest BCUT2D eigenvalue weighted by molar-refractivity contribution is 5.78. The minimum atomic E-state index is -0.784. The van der Waals surface area contributed by atoms with Gasteiger partial charge in [-0.1, -0.05) is 36.2 Å². The van der Waals surface area contributed by atoms with Crippen LogP contribution in [0.15, 0.2) is 24.3 Å². The zero-order chi connectivity index (χ0) is 13.9. The molecule has 2 rings (SSSR count). The van der Waals surface area contributed by atoms with Crippen LogP contribution in [-0.2, 0) is 11.2 Å². The lowest BCUT2D eigenvalue weighted by molar-refractivity contribution is -0.151. The molecule has 1 fully saturated rings. The molecule has 0 bridgehead atoms. The van der Waals surface area contributed by atoms with Gasteiger partial charge in [0.2, 0.25) is 0 Å². The average Bonchev–Trinajstić information content (AvgIpc) is 2.39. The molecular formula is C16H23NO2. The normalized spacial score (nSPS) is 19.9. The summed E-state index contributed by atoms with van der Waals surface area (Å²) >= 11 is 0. The van der Waals surface area contributed by atoms with Crippen molar-refractivity contribution in [3.8, 4) is 0 Å². The Hall–Kier alpha value is -1.35. The molecule has 1 aliphatic heterocycles. The van der Waals surface area contributed by atoms with E-state index in [1.165, 1.54) is 12.0 Å². The fraction of sp³-hybridized carbons (Fsp3) is 0.562. The van der Waals surface area contributed by atoms with E-state index in [0.29, 0.717) is 6.42 Å². The summed E-state index contributed by atoms with van der Waals surface area (Å²) in [4.78, 5) is 13.9. The van der Waals surface area contributed by atoms with Gasteiger partial charge in [-0.05, 0) is 45.3 Å². The van der Waals surface area contributed by atoms with Crippen molar-refractivity contribution < 1.29 is 9.90 Å². The smallest absolute Gasteiger partial charge is 0.324 e. The zero-order valence-electron chi connectivity index (χ0n) is 11.9. The van der Waals surface area contributed by atoms with Crippen LogP contribution in [0.25, 0.3) is 0 Å². The molecule has 1 saturated heterocycles. The fourth-order valence-corrected chi connectivity index (χ4v) is 2.93. The Bertz CT molecular complexity index is 452. The molecule has 0 aliphatic carbocycles. The number of rotatable bonds is 4. The largest absolute Gasteiger partial charge is 0.480 e. The van der Waals surface area contributed by atoms with Gasteiger partial charge >= 0.3 is 5.97 Å². The van der Waals surface area contributed by atoms with Crippen molar-refractivity contribution in [1.29, 1.82) is 0 Å². The summed E-state index contributed by atoms with van der Waals surface area (Å²) < 4.78 is 0. The highest BCUT2D eigenvalue weighted by Crippen LogP contribution is 2.25. The first kappa shape index (κ1) is 14.1. The number of likely N-dealkylation sites (tertiary alicyclic amines) is 1. The Balaban J connectivity index is 2.21. The molecule has 3 nitrogen and oxygen atoms in total. The van der Waals surface area contributed by atoms with E-state index in [1.807, 2.05) is 32.0 Å². The minimum Gasteiger partial charge on any atom is -0.480 e. The van der Waals surface area contributed by atoms with Crippen LogP contribution in [0.2, 0.25) is 0 Å². The lowest BCUT2D eigenvalue weighted by atomic mass is 9.88. The van der Waals surface area contributed by atoms with Crippen LogP contribution in [0.4, 0.5) is 0 Å². The van der Waals surface area contributed by atoms with E-state index in [1.54, 1.807) is 0 Å². The van der Waals surface area contributed by atoms with Gasteiger partial charge in [0, 0.05) is 6.42 Å². The highest BCUT2D eigenvalue weighted by Gasteiger charge is 2.39. The molecule has 1 aromatic carbocycles. The maximum atomic E-state index is 11.8. The first-order valence-electron chi connectivity index (χ1n) is 7.06. The van der Waals surface area contributed by atoms with E-state index in [9.17, 15) is 9.90 Å². The van der Waals surface area contributed by atoms with Gasteiger partial charge in [0.25, 0.3) is 0 Å². The number of hydrogen-bond donors (Lipinski definition) is 1. The van der Waals surface area contributed by atoms with Crippen molar-refractivity contribution in [2.45, 2.75) is 45.1 Å². The summed E-state index contributed by atoms with van der Waals surface area (Å²) in [6, 6.07) is 8.16. The SMILES string of the molecule is Cc1cccc(CC(C)(C(=O)O)N2CCCCC2)c1. The second kappa shape index (κ2) is 5.74. The summed E-state index contributed by atoms with van der Waals surface area (Å²) in [5, 5.41) is 9.67. The number of carboxylic acids is 1. The topological polar surface area (TPSA) is 40.5 Å². The third kappa shape index (κ3) is 3.16. The summed E-state index contributed by atoms with van der Waals surface area (Å²) in [7, 11) is 0. The minimum absolute atomic E-state index is 0.573. The van der Waals surface area contributed by atoms with Gasteiger partial charge < -0.3 is 5.11 Å². The van der Waals surface area contributed by atoms with E-state index < -0.39 is 11.5 Å². The van der Waals surface area contributed by atoms with Crippen molar-refractivity contribution in [2.75, 3.05) is 13.1 Å². The zero-order valence-corrected chi connectivity index (χ0v) is 11.9. The number of hydrogen-bond acceptors (Lipinski definition) is 2. The van der Waals surface area contributed by atoms with Gasteiger partial charge in [-0.25, -0.2) is 0 Å². The molecule has 0 spiro atoms. The summed E-state index contributed by atoms with van der Waals surface area (Å²) in [5.41, 5.74) is 1.51. The molecule has 3 heteroatoms. The monoisotopic (exact) mass is 261 g/mol. The van der Waals surface area contributed by atoms with Crippen molar-refractivity contribution in [2.24, 2.45) is 0 Å². The molecule has 19 heavy (non-hydrogen) atoms. The third-order valence-corrected chi connectivity index (χ3v) is 4.15. The Labute approximate surface area is 115 Å². The van der Waals surface area contributed by atoms with Crippen molar-refractivity contribution in [1.82, 2.24) is 4.90 Å². The van der Waals surface area contributed by atoms with Crippen LogP contribution in [0.1, 0.15) is 37.3 Å². The number of nitrogens with zero attached hydrogens (tertiary/aromatic N) is 1. The number of benzene rings is 1. The van der Waals surface area contributed by atoms with Crippen molar-refractivity contribution in [3.05, 3.63) is 35.4 Å². The maximum Gasteiger partial charge on any atom is 0.324 e. The first-order chi connectivity index (χ1) is 9.02. The Morgan fingerprint density at radius 1 is 1.32 bits per heavy atom. The second-order valence-electron chi connectivity index (χ2n) is 5.79. The van der Waals surface area contributed by atoms with Crippen molar-refractivity contribution in [3.63, 3.8) is 0 Å². The van der Waals surface area contributed by atoms with Crippen LogP contribution in [-0.4, -0.2) is 34.6 Å². The number of aryl methyl sites for hydroxylation is 1. The predicted octanol–water partition coefficient (Wildman–Crippen LogP) is 2.87. The van der Waals surface area contributed by atoms with Crippen LogP contribution < -0.4 is 0 Å². The van der Waals surface area contributed by atoms with Crippen LogP contribution >= 0.6 is 0 Å². The summed E-state index contributed by atoms with van der Waals surface area (Å²) in [6.45, 7) is 5.70. The van der Waals surface area contributed by atoms with E-state index >= 15 is 0 Å². The molecule has 1 atom stereocenters. The molecule has 1 aromatic rings. The quantitative estimate of drug-likeness (QED) is 0.906. The van der Waals surface area contributed by atoms with Gasteiger partial charge in [-0.3, -0.25) is 9.69 Å². The van der Waals surface area contributed by atoms with Crippen LogP contribution in [0, 0.1) is 6.92 Å². The van der Waals surface area contributed by atoms with Crippen molar-refractivity contribution >= 4 is 5.97 Å². The van der Waals surface area contributed by atoms with Crippen LogP contribution in [0.5, 0.6) is 0 Å². The highest BCUT2D eigenvalue weighted by atomic mass is 16.4. The first-order valence-corrected chi connectivity index (χ1v) is 7.06. The summed E-state index contributed by atoms with van der Waals surface area (Å²) in [5.74, 6) is -0.712. The third-order valence-electron chi connectivity index (χ3n) is 4.15. The lowest BCUT2D eigenvalue weighted by Gasteiger charge is -2.40. The van der Waals surface area contributed by atoms with Gasteiger partial charge in [0.05, 0.1) is 0 Å². The molecule has 0 saturated carbocycles. The van der Waals surface area contributed by atoms with Gasteiger partial charge in [0.15, 0.2) is 0 Å². The van der Waals surface area contributed by atoms with E-state index in [0.717, 1.165) is 31.5 Å². The van der Waals surface area contributed by atoms with E-state index in [2.05, 4.69) is 11.0 Å². The van der Waals surface area contributed by atoms with Gasteiger partial charge in [-0.15, -0.1) is 0 Å². The molecule has 0 radical (unpaired) electrons. The molecular weight excluding hydrogens is 238 g/mol. The predicted molar refractivity (Wildman–Crippen MR) is 76.3 cm³/mol. The molecule has 104 valence electrons. The van der Waals surface area contributed by atoms with E-state index in [4.69, 9.17) is 0 Å². The average molecular weight is 261 g/mol.